The van der Waals surface area contributed by atoms with E-state index in [1.54, 1.807) is 0 Å². The molecule has 0 atom stereocenters. The van der Waals surface area contributed by atoms with E-state index in [0.717, 1.165) is 18.2 Å². The molecule has 0 bridgehead atoms. The average molecular weight is 409 g/mol. The molecule has 0 heterocycles. The summed E-state index contributed by atoms with van der Waals surface area (Å²) in [4.78, 5) is 10.8. The van der Waals surface area contributed by atoms with Gasteiger partial charge in [-0.3, -0.25) is 4.72 Å². The minimum atomic E-state index is -4.03. The summed E-state index contributed by atoms with van der Waals surface area (Å²) >= 11 is 8.61. The fourth-order valence-corrected chi connectivity index (χ4v) is 3.28. The van der Waals surface area contributed by atoms with Gasteiger partial charge in [0.1, 0.15) is 5.82 Å². The zero-order chi connectivity index (χ0) is 16.5. The number of aromatic carboxylic acids is 1. The van der Waals surface area contributed by atoms with Crippen molar-refractivity contribution in [3.05, 3.63) is 57.3 Å². The van der Waals surface area contributed by atoms with Crippen LogP contribution in [0.4, 0.5) is 10.1 Å². The van der Waals surface area contributed by atoms with Crippen LogP contribution < -0.4 is 4.72 Å². The number of hydrogen-bond donors (Lipinski definition) is 2. The van der Waals surface area contributed by atoms with Gasteiger partial charge >= 0.3 is 5.97 Å². The van der Waals surface area contributed by atoms with Crippen molar-refractivity contribution in [2.75, 3.05) is 4.72 Å². The molecular weight excluding hydrogens is 401 g/mol. The van der Waals surface area contributed by atoms with Crippen LogP contribution in [0.5, 0.6) is 0 Å². The lowest BCUT2D eigenvalue weighted by molar-refractivity contribution is 0.0695. The fraction of sp³-hybridized carbons (Fsp3) is 0. The Balaban J connectivity index is 2.40. The minimum absolute atomic E-state index is 0.0613. The van der Waals surface area contributed by atoms with E-state index >= 15 is 0 Å². The fourth-order valence-electron chi connectivity index (χ4n) is 1.61. The summed E-state index contributed by atoms with van der Waals surface area (Å²) in [5.74, 6) is -1.95. The predicted octanol–water partition coefficient (Wildman–Crippen LogP) is 3.74. The number of rotatable bonds is 4. The molecule has 116 valence electrons. The zero-order valence-corrected chi connectivity index (χ0v) is 13.8. The average Bonchev–Trinajstić information content (AvgIpc) is 2.42. The summed E-state index contributed by atoms with van der Waals surface area (Å²) in [7, 11) is -4.03. The summed E-state index contributed by atoms with van der Waals surface area (Å²) in [5.41, 5.74) is -0.133. The summed E-state index contributed by atoms with van der Waals surface area (Å²) in [6.07, 6.45) is 0. The molecule has 0 aliphatic rings. The molecule has 22 heavy (non-hydrogen) atoms. The van der Waals surface area contributed by atoms with Gasteiger partial charge in [0.25, 0.3) is 10.0 Å². The number of nitrogens with one attached hydrogen (secondary N) is 1. The molecule has 5 nitrogen and oxygen atoms in total. The Morgan fingerprint density at radius 3 is 2.50 bits per heavy atom. The molecule has 2 rings (SSSR count). The van der Waals surface area contributed by atoms with E-state index in [9.17, 15) is 17.6 Å². The lowest BCUT2D eigenvalue weighted by Crippen LogP contribution is -2.14. The third kappa shape index (κ3) is 3.57. The first-order valence-corrected chi connectivity index (χ1v) is 8.37. The van der Waals surface area contributed by atoms with Crippen molar-refractivity contribution < 1.29 is 22.7 Å². The van der Waals surface area contributed by atoms with Gasteiger partial charge in [0, 0.05) is 4.47 Å². The van der Waals surface area contributed by atoms with Crippen LogP contribution in [0.1, 0.15) is 10.4 Å². The van der Waals surface area contributed by atoms with E-state index in [2.05, 4.69) is 20.7 Å². The van der Waals surface area contributed by atoms with E-state index in [-0.39, 0.29) is 25.6 Å². The molecule has 0 aliphatic carbocycles. The highest BCUT2D eigenvalue weighted by Crippen LogP contribution is 2.25. The lowest BCUT2D eigenvalue weighted by Gasteiger charge is -2.10. The Hall–Kier alpha value is -1.64. The van der Waals surface area contributed by atoms with Gasteiger partial charge < -0.3 is 5.11 Å². The normalized spacial score (nSPS) is 11.2. The van der Waals surface area contributed by atoms with Gasteiger partial charge in [0.2, 0.25) is 0 Å². The van der Waals surface area contributed by atoms with E-state index in [4.69, 9.17) is 16.7 Å². The van der Waals surface area contributed by atoms with Crippen molar-refractivity contribution in [3.63, 3.8) is 0 Å². The molecule has 0 unspecified atom stereocenters. The second kappa shape index (κ2) is 6.23. The van der Waals surface area contributed by atoms with Crippen LogP contribution in [-0.2, 0) is 10.0 Å². The van der Waals surface area contributed by atoms with Crippen molar-refractivity contribution in [3.8, 4) is 0 Å². The number of halogens is 3. The van der Waals surface area contributed by atoms with E-state index in [1.165, 1.54) is 18.2 Å². The van der Waals surface area contributed by atoms with Crippen molar-refractivity contribution in [1.29, 1.82) is 0 Å². The van der Waals surface area contributed by atoms with Crippen LogP contribution in [0.3, 0.4) is 0 Å². The second-order valence-electron chi connectivity index (χ2n) is 4.18. The standard InChI is InChI=1S/C13H8BrClFNO4S/c14-10-3-2-8(6-9(10)13(18)19)22(20,21)17-7-1-4-12(16)11(15)5-7/h1-6,17H,(H,18,19). The Labute approximate surface area is 138 Å². The summed E-state index contributed by atoms with van der Waals surface area (Å²) in [5, 5.41) is 8.77. The number of carbonyl (C=O) groups is 1. The highest BCUT2D eigenvalue weighted by molar-refractivity contribution is 9.10. The maximum atomic E-state index is 13.1. The Morgan fingerprint density at radius 2 is 1.91 bits per heavy atom. The first-order chi connectivity index (χ1) is 10.2. The van der Waals surface area contributed by atoms with Crippen LogP contribution in [0.15, 0.2) is 45.8 Å². The van der Waals surface area contributed by atoms with Crippen molar-refractivity contribution >= 4 is 49.2 Å². The second-order valence-corrected chi connectivity index (χ2v) is 7.13. The Bertz CT molecular complexity index is 857. The number of benzene rings is 2. The minimum Gasteiger partial charge on any atom is -0.478 e. The topological polar surface area (TPSA) is 83.5 Å². The molecule has 0 saturated heterocycles. The largest absolute Gasteiger partial charge is 0.478 e. The van der Waals surface area contributed by atoms with Gasteiger partial charge in [-0.25, -0.2) is 17.6 Å². The zero-order valence-electron chi connectivity index (χ0n) is 10.7. The van der Waals surface area contributed by atoms with Gasteiger partial charge in [0.05, 0.1) is 21.2 Å². The van der Waals surface area contributed by atoms with Gasteiger partial charge in [-0.1, -0.05) is 11.6 Å². The van der Waals surface area contributed by atoms with Crippen molar-refractivity contribution in [1.82, 2.24) is 0 Å². The van der Waals surface area contributed by atoms with E-state index < -0.39 is 21.8 Å². The monoisotopic (exact) mass is 407 g/mol. The van der Waals surface area contributed by atoms with Gasteiger partial charge in [-0.15, -0.1) is 0 Å². The number of hydrogen-bond acceptors (Lipinski definition) is 3. The highest BCUT2D eigenvalue weighted by atomic mass is 79.9. The van der Waals surface area contributed by atoms with Crippen molar-refractivity contribution in [2.24, 2.45) is 0 Å². The third-order valence-electron chi connectivity index (χ3n) is 2.65. The molecular formula is C13H8BrClFNO4S. The predicted molar refractivity (Wildman–Crippen MR) is 83.3 cm³/mol. The number of anilines is 1. The highest BCUT2D eigenvalue weighted by Gasteiger charge is 2.18. The first-order valence-electron chi connectivity index (χ1n) is 5.71. The molecule has 2 aromatic rings. The van der Waals surface area contributed by atoms with Crippen LogP contribution in [0.2, 0.25) is 5.02 Å². The molecule has 0 aliphatic heterocycles. The number of carboxylic acids is 1. The molecule has 0 radical (unpaired) electrons. The molecule has 0 aromatic heterocycles. The number of carboxylic acid groups (broad SMARTS) is 1. The van der Waals surface area contributed by atoms with Gasteiger partial charge in [-0.2, -0.15) is 0 Å². The molecule has 0 amide bonds. The lowest BCUT2D eigenvalue weighted by atomic mass is 10.2. The van der Waals surface area contributed by atoms with Crippen LogP contribution in [0, 0.1) is 5.82 Å². The van der Waals surface area contributed by atoms with Gasteiger partial charge in [-0.05, 0) is 52.3 Å². The molecule has 0 spiro atoms. The SMILES string of the molecule is O=C(O)c1cc(S(=O)(=O)Nc2ccc(F)c(Cl)c2)ccc1Br. The van der Waals surface area contributed by atoms with E-state index in [0.29, 0.717) is 0 Å². The summed E-state index contributed by atoms with van der Waals surface area (Å²) in [6, 6.07) is 6.91. The molecule has 0 saturated carbocycles. The van der Waals surface area contributed by atoms with E-state index in [1.807, 2.05) is 0 Å². The number of sulfonamides is 1. The third-order valence-corrected chi connectivity index (χ3v) is 5.01. The first kappa shape index (κ1) is 16.7. The summed E-state index contributed by atoms with van der Waals surface area (Å²) < 4.78 is 40.0. The molecule has 9 heteroatoms. The Kier molecular flexibility index (Phi) is 4.74. The molecule has 0 fully saturated rings. The maximum absolute atomic E-state index is 13.1. The smallest absolute Gasteiger partial charge is 0.336 e. The summed E-state index contributed by atoms with van der Waals surface area (Å²) in [6.45, 7) is 0. The van der Waals surface area contributed by atoms with Crippen LogP contribution in [-0.4, -0.2) is 19.5 Å². The van der Waals surface area contributed by atoms with Crippen molar-refractivity contribution in [2.45, 2.75) is 4.90 Å². The quantitative estimate of drug-likeness (QED) is 0.807. The Morgan fingerprint density at radius 1 is 1.23 bits per heavy atom. The van der Waals surface area contributed by atoms with Crippen LogP contribution >= 0.6 is 27.5 Å². The molecule has 2 aromatic carbocycles. The molecule has 2 N–H and O–H groups in total. The van der Waals surface area contributed by atoms with Gasteiger partial charge in [0.15, 0.2) is 0 Å². The maximum Gasteiger partial charge on any atom is 0.336 e. The van der Waals surface area contributed by atoms with Crippen LogP contribution in [0.25, 0.3) is 0 Å².